The molecular weight excluding hydrogens is 234 g/mol. The predicted molar refractivity (Wildman–Crippen MR) is 73.9 cm³/mol. The fourth-order valence-corrected chi connectivity index (χ4v) is 2.59. The van der Waals surface area contributed by atoms with Crippen LogP contribution in [0.5, 0.6) is 0 Å². The fourth-order valence-electron chi connectivity index (χ4n) is 1.52. The van der Waals surface area contributed by atoms with Gasteiger partial charge in [0.25, 0.3) is 0 Å². The van der Waals surface area contributed by atoms with E-state index in [-0.39, 0.29) is 6.61 Å². The molecule has 0 bridgehead atoms. The van der Waals surface area contributed by atoms with Gasteiger partial charge in [-0.05, 0) is 20.0 Å². The van der Waals surface area contributed by atoms with E-state index >= 15 is 0 Å². The van der Waals surface area contributed by atoms with Crippen molar-refractivity contribution >= 4 is 16.5 Å². The van der Waals surface area contributed by atoms with Crippen molar-refractivity contribution in [2.45, 2.75) is 26.4 Å². The minimum absolute atomic E-state index is 0.0900. The maximum absolute atomic E-state index is 9.32. The molecule has 0 fully saturated rings. The van der Waals surface area contributed by atoms with Crippen LogP contribution in [0.2, 0.25) is 0 Å². The Balaban J connectivity index is 2.77. The molecule has 1 aromatic heterocycles. The molecule has 5 heteroatoms. The summed E-state index contributed by atoms with van der Waals surface area (Å²) in [6, 6.07) is 0. The summed E-state index contributed by atoms with van der Waals surface area (Å²) >= 11 is 1.59. The van der Waals surface area contributed by atoms with Gasteiger partial charge in [0.05, 0.1) is 17.2 Å². The summed E-state index contributed by atoms with van der Waals surface area (Å²) in [5.74, 6) is 0.365. The lowest BCUT2D eigenvalue weighted by Gasteiger charge is -2.18. The normalized spacial score (nSPS) is 11.5. The average Bonchev–Trinajstić information content (AvgIpc) is 2.69. The van der Waals surface area contributed by atoms with Gasteiger partial charge in [-0.15, -0.1) is 0 Å². The fraction of sp³-hybridized carbons (Fsp3) is 0.750. The zero-order chi connectivity index (χ0) is 13.0. The van der Waals surface area contributed by atoms with E-state index in [9.17, 15) is 5.11 Å². The van der Waals surface area contributed by atoms with E-state index in [4.69, 9.17) is 0 Å². The SMILES string of the molecule is CC(C)c1nc(N(C)CCN(C)C)sc1CO. The second-order valence-electron chi connectivity index (χ2n) is 4.84. The second-order valence-corrected chi connectivity index (χ2v) is 5.90. The van der Waals surface area contributed by atoms with E-state index in [0.717, 1.165) is 28.8 Å². The van der Waals surface area contributed by atoms with E-state index in [1.54, 1.807) is 11.3 Å². The number of hydrogen-bond acceptors (Lipinski definition) is 5. The van der Waals surface area contributed by atoms with Gasteiger partial charge in [-0.1, -0.05) is 25.2 Å². The number of aliphatic hydroxyl groups excluding tert-OH is 1. The molecule has 0 aliphatic heterocycles. The molecule has 1 heterocycles. The Morgan fingerprint density at radius 3 is 2.29 bits per heavy atom. The zero-order valence-corrected chi connectivity index (χ0v) is 12.2. The van der Waals surface area contributed by atoms with Crippen LogP contribution in [0.3, 0.4) is 0 Å². The summed E-state index contributed by atoms with van der Waals surface area (Å²) in [7, 11) is 6.18. The molecule has 0 atom stereocenters. The number of hydrogen-bond donors (Lipinski definition) is 1. The topological polar surface area (TPSA) is 39.6 Å². The Morgan fingerprint density at radius 2 is 1.88 bits per heavy atom. The maximum Gasteiger partial charge on any atom is 0.185 e. The van der Waals surface area contributed by atoms with Crippen LogP contribution in [0.25, 0.3) is 0 Å². The Bertz CT molecular complexity index is 350. The van der Waals surface area contributed by atoms with Crippen molar-refractivity contribution in [2.24, 2.45) is 0 Å². The van der Waals surface area contributed by atoms with Gasteiger partial charge in [0.15, 0.2) is 5.13 Å². The van der Waals surface area contributed by atoms with Crippen molar-refractivity contribution in [3.8, 4) is 0 Å². The highest BCUT2D eigenvalue weighted by atomic mass is 32.1. The molecular formula is C12H23N3OS. The van der Waals surface area contributed by atoms with Gasteiger partial charge >= 0.3 is 0 Å². The number of thiazole rings is 1. The number of likely N-dealkylation sites (N-methyl/N-ethyl adjacent to an activating group) is 2. The largest absolute Gasteiger partial charge is 0.391 e. The average molecular weight is 257 g/mol. The Labute approximate surface area is 108 Å². The lowest BCUT2D eigenvalue weighted by molar-refractivity contribution is 0.283. The van der Waals surface area contributed by atoms with Crippen molar-refractivity contribution in [3.05, 3.63) is 10.6 Å². The van der Waals surface area contributed by atoms with Gasteiger partial charge in [-0.2, -0.15) is 0 Å². The Hall–Kier alpha value is -0.650. The standard InChI is InChI=1S/C12H23N3OS/c1-9(2)11-10(8-16)17-12(13-11)15(5)7-6-14(3)4/h9,16H,6-8H2,1-5H3. The molecule has 0 saturated carbocycles. The molecule has 0 spiro atoms. The highest BCUT2D eigenvalue weighted by molar-refractivity contribution is 7.15. The third-order valence-corrected chi connectivity index (χ3v) is 3.79. The predicted octanol–water partition coefficient (Wildman–Crippen LogP) is 1.76. The monoisotopic (exact) mass is 257 g/mol. The molecule has 0 amide bonds. The number of anilines is 1. The van der Waals surface area contributed by atoms with E-state index < -0.39 is 0 Å². The number of aromatic nitrogens is 1. The van der Waals surface area contributed by atoms with Gasteiger partial charge in [-0.3, -0.25) is 0 Å². The summed E-state index contributed by atoms with van der Waals surface area (Å²) in [5, 5.41) is 10.3. The van der Waals surface area contributed by atoms with Crippen molar-refractivity contribution in [2.75, 3.05) is 39.1 Å². The third-order valence-electron chi connectivity index (χ3n) is 2.62. The minimum atomic E-state index is 0.0900. The molecule has 1 aromatic rings. The lowest BCUT2D eigenvalue weighted by Crippen LogP contribution is -2.28. The molecule has 17 heavy (non-hydrogen) atoms. The van der Waals surface area contributed by atoms with Crippen LogP contribution < -0.4 is 4.90 Å². The van der Waals surface area contributed by atoms with E-state index in [1.165, 1.54) is 0 Å². The second kappa shape index (κ2) is 6.33. The first-order valence-corrected chi connectivity index (χ1v) is 6.73. The molecule has 0 unspecified atom stereocenters. The van der Waals surface area contributed by atoms with Crippen molar-refractivity contribution in [3.63, 3.8) is 0 Å². The third kappa shape index (κ3) is 3.94. The molecule has 0 aliphatic carbocycles. The maximum atomic E-state index is 9.32. The van der Waals surface area contributed by atoms with Gasteiger partial charge in [0.2, 0.25) is 0 Å². The van der Waals surface area contributed by atoms with Crippen molar-refractivity contribution in [1.29, 1.82) is 0 Å². The van der Waals surface area contributed by atoms with Crippen LogP contribution in [-0.2, 0) is 6.61 Å². The van der Waals surface area contributed by atoms with Crippen LogP contribution in [0, 0.1) is 0 Å². The molecule has 1 N–H and O–H groups in total. The van der Waals surface area contributed by atoms with Crippen LogP contribution in [0.1, 0.15) is 30.3 Å². The van der Waals surface area contributed by atoms with E-state index in [2.05, 4.69) is 42.7 Å². The number of nitrogens with zero attached hydrogens (tertiary/aromatic N) is 3. The summed E-state index contributed by atoms with van der Waals surface area (Å²) in [6.07, 6.45) is 0. The van der Waals surface area contributed by atoms with Gasteiger partial charge in [0, 0.05) is 20.1 Å². The lowest BCUT2D eigenvalue weighted by atomic mass is 10.1. The highest BCUT2D eigenvalue weighted by Crippen LogP contribution is 2.30. The van der Waals surface area contributed by atoms with Crippen molar-refractivity contribution in [1.82, 2.24) is 9.88 Å². The molecule has 0 radical (unpaired) electrons. The molecule has 0 aromatic carbocycles. The molecule has 0 aliphatic rings. The van der Waals surface area contributed by atoms with Crippen LogP contribution in [0.4, 0.5) is 5.13 Å². The Kier molecular flexibility index (Phi) is 5.36. The van der Waals surface area contributed by atoms with Crippen LogP contribution in [0.15, 0.2) is 0 Å². The molecule has 1 rings (SSSR count). The Morgan fingerprint density at radius 1 is 1.24 bits per heavy atom. The highest BCUT2D eigenvalue weighted by Gasteiger charge is 2.15. The van der Waals surface area contributed by atoms with Crippen molar-refractivity contribution < 1.29 is 5.11 Å². The smallest absolute Gasteiger partial charge is 0.185 e. The summed E-state index contributed by atoms with van der Waals surface area (Å²) < 4.78 is 0. The first-order chi connectivity index (χ1) is 7.95. The van der Waals surface area contributed by atoms with E-state index in [0.29, 0.717) is 5.92 Å². The van der Waals surface area contributed by atoms with Gasteiger partial charge in [-0.25, -0.2) is 4.98 Å². The minimum Gasteiger partial charge on any atom is -0.391 e. The first-order valence-electron chi connectivity index (χ1n) is 5.92. The first kappa shape index (κ1) is 14.4. The van der Waals surface area contributed by atoms with Gasteiger partial charge < -0.3 is 14.9 Å². The van der Waals surface area contributed by atoms with E-state index in [1.807, 2.05) is 7.05 Å². The molecule has 98 valence electrons. The van der Waals surface area contributed by atoms with Crippen LogP contribution in [-0.4, -0.2) is 49.2 Å². The summed E-state index contributed by atoms with van der Waals surface area (Å²) in [5.41, 5.74) is 1.03. The molecule has 4 nitrogen and oxygen atoms in total. The number of aliphatic hydroxyl groups is 1. The van der Waals surface area contributed by atoms with Gasteiger partial charge in [0.1, 0.15) is 0 Å². The quantitative estimate of drug-likeness (QED) is 0.843. The summed E-state index contributed by atoms with van der Waals surface area (Å²) in [6.45, 7) is 6.26. The number of rotatable bonds is 6. The van der Waals surface area contributed by atoms with Crippen LogP contribution >= 0.6 is 11.3 Å². The summed E-state index contributed by atoms with van der Waals surface area (Å²) in [4.78, 5) is 9.92. The zero-order valence-electron chi connectivity index (χ0n) is 11.4. The molecule has 0 saturated heterocycles.